The van der Waals surface area contributed by atoms with E-state index in [0.717, 1.165) is 34.6 Å². The number of ketones is 1. The third kappa shape index (κ3) is 2.22. The second kappa shape index (κ2) is 4.72. The van der Waals surface area contributed by atoms with Gasteiger partial charge in [0.15, 0.2) is 5.78 Å². The van der Waals surface area contributed by atoms with Crippen molar-refractivity contribution in [3.63, 3.8) is 0 Å². The Bertz CT molecular complexity index is 456. The molecule has 2 aliphatic rings. The molecule has 3 heterocycles. The van der Waals surface area contributed by atoms with Crippen LogP contribution in [0.3, 0.4) is 0 Å². The number of carbonyl (C=O) groups is 1. The molecule has 2 unspecified atom stereocenters. The van der Waals surface area contributed by atoms with E-state index in [4.69, 9.17) is 0 Å². The standard InChI is InChI=1S/C14H20N2OS/c1-9-13(8-16(2)15-9)14(17)10-6-11-4-3-5-12(7-10)18-11/h8,10-12H,3-7H2,1-2H3. The third-order valence-corrected chi connectivity index (χ3v) is 5.81. The molecule has 2 fully saturated rings. The average Bonchev–Trinajstić information content (AvgIpc) is 2.67. The Morgan fingerprint density at radius 2 is 2.06 bits per heavy atom. The largest absolute Gasteiger partial charge is 0.294 e. The number of hydrogen-bond donors (Lipinski definition) is 0. The highest BCUT2D eigenvalue weighted by Crippen LogP contribution is 2.44. The molecule has 3 rings (SSSR count). The maximum absolute atomic E-state index is 12.6. The molecule has 0 spiro atoms. The first-order valence-electron chi connectivity index (χ1n) is 6.83. The fraction of sp³-hybridized carbons (Fsp3) is 0.714. The topological polar surface area (TPSA) is 34.9 Å². The van der Waals surface area contributed by atoms with Crippen LogP contribution in [0.2, 0.25) is 0 Å². The highest BCUT2D eigenvalue weighted by Gasteiger charge is 2.36. The average molecular weight is 264 g/mol. The van der Waals surface area contributed by atoms with E-state index in [-0.39, 0.29) is 5.92 Å². The number of thioether (sulfide) groups is 1. The Labute approximate surface area is 112 Å². The van der Waals surface area contributed by atoms with Crippen LogP contribution in [0.15, 0.2) is 6.20 Å². The van der Waals surface area contributed by atoms with Gasteiger partial charge in [-0.1, -0.05) is 6.42 Å². The van der Waals surface area contributed by atoms with Crippen LogP contribution >= 0.6 is 11.8 Å². The molecular weight excluding hydrogens is 244 g/mol. The van der Waals surface area contributed by atoms with Crippen LogP contribution in [0.1, 0.15) is 48.2 Å². The summed E-state index contributed by atoms with van der Waals surface area (Å²) in [4.78, 5) is 12.6. The molecule has 0 saturated carbocycles. The molecule has 4 heteroatoms. The van der Waals surface area contributed by atoms with Gasteiger partial charge >= 0.3 is 0 Å². The number of fused-ring (bicyclic) bond motifs is 2. The van der Waals surface area contributed by atoms with Gasteiger partial charge in [0.05, 0.1) is 11.3 Å². The number of carbonyl (C=O) groups excluding carboxylic acids is 1. The molecule has 18 heavy (non-hydrogen) atoms. The lowest BCUT2D eigenvalue weighted by molar-refractivity contribution is 0.0896. The molecule has 0 aliphatic carbocycles. The number of aryl methyl sites for hydroxylation is 2. The van der Waals surface area contributed by atoms with Gasteiger partial charge in [0.2, 0.25) is 0 Å². The minimum Gasteiger partial charge on any atom is -0.294 e. The number of aromatic nitrogens is 2. The van der Waals surface area contributed by atoms with Gasteiger partial charge in [0.25, 0.3) is 0 Å². The second-order valence-corrected chi connectivity index (χ2v) is 7.25. The first-order valence-corrected chi connectivity index (χ1v) is 7.77. The highest BCUT2D eigenvalue weighted by molar-refractivity contribution is 8.00. The van der Waals surface area contributed by atoms with Crippen molar-refractivity contribution in [2.45, 2.75) is 49.5 Å². The summed E-state index contributed by atoms with van der Waals surface area (Å²) >= 11 is 2.13. The van der Waals surface area contributed by atoms with E-state index < -0.39 is 0 Å². The highest BCUT2D eigenvalue weighted by atomic mass is 32.2. The predicted octanol–water partition coefficient (Wildman–Crippen LogP) is 2.98. The van der Waals surface area contributed by atoms with Crippen LogP contribution in [-0.2, 0) is 7.05 Å². The van der Waals surface area contributed by atoms with Gasteiger partial charge in [-0.3, -0.25) is 9.48 Å². The molecule has 2 aliphatic heterocycles. The van der Waals surface area contributed by atoms with Gasteiger partial charge in [0, 0.05) is 29.7 Å². The summed E-state index contributed by atoms with van der Waals surface area (Å²) < 4.78 is 1.75. The number of Topliss-reactive ketones (excluding diaryl/α,β-unsaturated/α-hetero) is 1. The second-order valence-electron chi connectivity index (χ2n) is 5.65. The summed E-state index contributed by atoms with van der Waals surface area (Å²) in [5.74, 6) is 0.572. The molecule has 3 nitrogen and oxygen atoms in total. The quantitative estimate of drug-likeness (QED) is 0.770. The van der Waals surface area contributed by atoms with Crippen LogP contribution < -0.4 is 0 Å². The van der Waals surface area contributed by atoms with E-state index in [9.17, 15) is 4.79 Å². The van der Waals surface area contributed by atoms with E-state index in [1.54, 1.807) is 4.68 Å². The summed E-state index contributed by atoms with van der Waals surface area (Å²) in [6.07, 6.45) is 8.00. The summed E-state index contributed by atoms with van der Waals surface area (Å²) in [6, 6.07) is 0. The van der Waals surface area contributed by atoms with Crippen molar-refractivity contribution in [2.75, 3.05) is 0 Å². The van der Waals surface area contributed by atoms with Crippen molar-refractivity contribution in [3.05, 3.63) is 17.5 Å². The van der Waals surface area contributed by atoms with E-state index in [1.165, 1.54) is 19.3 Å². The molecule has 98 valence electrons. The van der Waals surface area contributed by atoms with Crippen LogP contribution in [0.5, 0.6) is 0 Å². The summed E-state index contributed by atoms with van der Waals surface area (Å²) in [5.41, 5.74) is 1.72. The lowest BCUT2D eigenvalue weighted by atomic mass is 9.84. The van der Waals surface area contributed by atoms with Crippen molar-refractivity contribution in [3.8, 4) is 0 Å². The van der Waals surface area contributed by atoms with Crippen LogP contribution in [0.4, 0.5) is 0 Å². The maximum Gasteiger partial charge on any atom is 0.169 e. The normalized spacial score (nSPS) is 31.3. The Hall–Kier alpha value is -0.770. The van der Waals surface area contributed by atoms with Gasteiger partial charge in [-0.25, -0.2) is 0 Å². The molecular formula is C14H20N2OS. The molecule has 0 radical (unpaired) electrons. The van der Waals surface area contributed by atoms with Crippen molar-refractivity contribution in [1.82, 2.24) is 9.78 Å². The first-order chi connectivity index (χ1) is 8.63. The minimum absolute atomic E-state index is 0.240. The fourth-order valence-corrected chi connectivity index (χ4v) is 5.17. The van der Waals surface area contributed by atoms with E-state index in [1.807, 2.05) is 20.2 Å². The number of rotatable bonds is 2. The third-order valence-electron chi connectivity index (χ3n) is 4.18. The minimum atomic E-state index is 0.240. The summed E-state index contributed by atoms with van der Waals surface area (Å²) in [5, 5.41) is 5.74. The van der Waals surface area contributed by atoms with Gasteiger partial charge < -0.3 is 0 Å². The molecule has 0 amide bonds. The summed E-state index contributed by atoms with van der Waals surface area (Å²) in [6.45, 7) is 1.94. The van der Waals surface area contributed by atoms with E-state index in [2.05, 4.69) is 16.9 Å². The summed E-state index contributed by atoms with van der Waals surface area (Å²) in [7, 11) is 1.88. The Morgan fingerprint density at radius 3 is 2.61 bits per heavy atom. The first kappa shape index (κ1) is 12.3. The van der Waals surface area contributed by atoms with E-state index >= 15 is 0 Å². The fourth-order valence-electron chi connectivity index (χ4n) is 3.33. The molecule has 2 atom stereocenters. The monoisotopic (exact) mass is 264 g/mol. The van der Waals surface area contributed by atoms with Crippen LogP contribution in [0.25, 0.3) is 0 Å². The molecule has 1 aromatic rings. The van der Waals surface area contributed by atoms with E-state index in [0.29, 0.717) is 5.78 Å². The van der Waals surface area contributed by atoms with Gasteiger partial charge in [-0.05, 0) is 32.6 Å². The van der Waals surface area contributed by atoms with Gasteiger partial charge in [-0.15, -0.1) is 0 Å². The van der Waals surface area contributed by atoms with Gasteiger partial charge in [-0.2, -0.15) is 16.9 Å². The Morgan fingerprint density at radius 1 is 1.39 bits per heavy atom. The van der Waals surface area contributed by atoms with Crippen molar-refractivity contribution in [1.29, 1.82) is 0 Å². The molecule has 1 aromatic heterocycles. The molecule has 2 bridgehead atoms. The lowest BCUT2D eigenvalue weighted by Crippen LogP contribution is -2.33. The van der Waals surface area contributed by atoms with Crippen molar-refractivity contribution in [2.24, 2.45) is 13.0 Å². The Kier molecular flexibility index (Phi) is 3.22. The predicted molar refractivity (Wildman–Crippen MR) is 74.0 cm³/mol. The SMILES string of the molecule is Cc1nn(C)cc1C(=O)C1CC2CCCC(C1)S2. The smallest absolute Gasteiger partial charge is 0.169 e. The van der Waals surface area contributed by atoms with Crippen LogP contribution in [-0.4, -0.2) is 26.1 Å². The zero-order valence-electron chi connectivity index (χ0n) is 11.1. The molecule has 0 aromatic carbocycles. The van der Waals surface area contributed by atoms with Crippen molar-refractivity contribution >= 4 is 17.5 Å². The van der Waals surface area contributed by atoms with Crippen molar-refractivity contribution < 1.29 is 4.79 Å². The maximum atomic E-state index is 12.6. The van der Waals surface area contributed by atoms with Crippen LogP contribution in [0, 0.1) is 12.8 Å². The zero-order valence-corrected chi connectivity index (χ0v) is 11.9. The number of hydrogen-bond acceptors (Lipinski definition) is 3. The lowest BCUT2D eigenvalue weighted by Gasteiger charge is -2.37. The Balaban J connectivity index is 1.78. The van der Waals surface area contributed by atoms with Gasteiger partial charge in [0.1, 0.15) is 0 Å². The molecule has 0 N–H and O–H groups in total. The molecule has 2 saturated heterocycles. The number of nitrogens with zero attached hydrogens (tertiary/aromatic N) is 2. The zero-order chi connectivity index (χ0) is 12.7.